The lowest BCUT2D eigenvalue weighted by Gasteiger charge is -2.12. The molecule has 2 N–H and O–H groups in total. The first-order valence-corrected chi connectivity index (χ1v) is 6.88. The van der Waals surface area contributed by atoms with Crippen molar-refractivity contribution < 1.29 is 4.74 Å². The summed E-state index contributed by atoms with van der Waals surface area (Å²) in [6.45, 7) is 0.822. The number of nitrogens with two attached hydrogens (primary N) is 1. The molecule has 1 heterocycles. The van der Waals surface area contributed by atoms with Gasteiger partial charge in [-0.05, 0) is 35.6 Å². The molecule has 19 heavy (non-hydrogen) atoms. The Bertz CT molecular complexity index is 550. The van der Waals surface area contributed by atoms with E-state index < -0.39 is 0 Å². The Kier molecular flexibility index (Phi) is 3.51. The lowest BCUT2D eigenvalue weighted by Crippen LogP contribution is -2.11. The maximum atomic E-state index is 6.23. The molecule has 2 aromatic rings. The summed E-state index contributed by atoms with van der Waals surface area (Å²) in [5.74, 6) is 1.05. The van der Waals surface area contributed by atoms with Crippen molar-refractivity contribution >= 4 is 0 Å². The fourth-order valence-electron chi connectivity index (χ4n) is 2.58. The first-order chi connectivity index (χ1) is 9.33. The average molecular weight is 253 g/mol. The van der Waals surface area contributed by atoms with E-state index in [1.807, 2.05) is 18.2 Å². The van der Waals surface area contributed by atoms with Gasteiger partial charge in [0.1, 0.15) is 5.75 Å². The summed E-state index contributed by atoms with van der Waals surface area (Å²) < 4.78 is 5.52. The largest absolute Gasteiger partial charge is 0.493 e. The van der Waals surface area contributed by atoms with Gasteiger partial charge in [-0.25, -0.2) is 0 Å². The standard InChI is InChI=1S/C17H19NO/c18-16(14-4-2-1-3-5-14)8-6-13-7-9-17-15(12-13)10-11-19-17/h1-5,7,9,12,16H,6,8,10-11,18H2. The number of ether oxygens (including phenoxy) is 1. The van der Waals surface area contributed by atoms with Crippen LogP contribution >= 0.6 is 0 Å². The van der Waals surface area contributed by atoms with E-state index in [1.165, 1.54) is 16.7 Å². The third-order valence-corrected chi connectivity index (χ3v) is 3.73. The van der Waals surface area contributed by atoms with Gasteiger partial charge in [0.2, 0.25) is 0 Å². The Morgan fingerprint density at radius 2 is 1.95 bits per heavy atom. The number of benzene rings is 2. The summed E-state index contributed by atoms with van der Waals surface area (Å²) in [5, 5.41) is 0. The van der Waals surface area contributed by atoms with Gasteiger partial charge in [0.25, 0.3) is 0 Å². The monoisotopic (exact) mass is 253 g/mol. The molecule has 1 aliphatic rings. The van der Waals surface area contributed by atoms with Crippen LogP contribution in [0.25, 0.3) is 0 Å². The van der Waals surface area contributed by atoms with E-state index in [4.69, 9.17) is 10.5 Å². The second kappa shape index (κ2) is 5.45. The van der Waals surface area contributed by atoms with Crippen LogP contribution in [-0.2, 0) is 12.8 Å². The van der Waals surface area contributed by atoms with Crippen LogP contribution in [-0.4, -0.2) is 6.61 Å². The Balaban J connectivity index is 1.63. The van der Waals surface area contributed by atoms with Crippen LogP contribution in [0.4, 0.5) is 0 Å². The molecule has 1 atom stereocenters. The Morgan fingerprint density at radius 3 is 2.79 bits per heavy atom. The zero-order chi connectivity index (χ0) is 13.1. The quantitative estimate of drug-likeness (QED) is 0.907. The highest BCUT2D eigenvalue weighted by atomic mass is 16.5. The van der Waals surface area contributed by atoms with Crippen LogP contribution in [0.5, 0.6) is 5.75 Å². The van der Waals surface area contributed by atoms with E-state index in [0.717, 1.165) is 31.6 Å². The minimum absolute atomic E-state index is 0.116. The van der Waals surface area contributed by atoms with Crippen molar-refractivity contribution in [2.45, 2.75) is 25.3 Å². The molecule has 2 heteroatoms. The third-order valence-electron chi connectivity index (χ3n) is 3.73. The molecule has 3 rings (SSSR count). The fraction of sp³-hybridized carbons (Fsp3) is 0.294. The van der Waals surface area contributed by atoms with Crippen LogP contribution in [0.2, 0.25) is 0 Å². The lowest BCUT2D eigenvalue weighted by molar-refractivity contribution is 0.357. The van der Waals surface area contributed by atoms with Crippen molar-refractivity contribution in [1.82, 2.24) is 0 Å². The van der Waals surface area contributed by atoms with Gasteiger partial charge in [0, 0.05) is 12.5 Å². The van der Waals surface area contributed by atoms with E-state index in [9.17, 15) is 0 Å². The maximum absolute atomic E-state index is 6.23. The molecular weight excluding hydrogens is 234 g/mol. The average Bonchev–Trinajstić information content (AvgIpc) is 2.93. The highest BCUT2D eigenvalue weighted by Gasteiger charge is 2.12. The van der Waals surface area contributed by atoms with Gasteiger partial charge in [-0.15, -0.1) is 0 Å². The van der Waals surface area contributed by atoms with Crippen molar-refractivity contribution in [3.63, 3.8) is 0 Å². The molecule has 0 amide bonds. The highest BCUT2D eigenvalue weighted by Crippen LogP contribution is 2.27. The molecule has 1 aliphatic heterocycles. The molecule has 0 aliphatic carbocycles. The van der Waals surface area contributed by atoms with E-state index in [0.29, 0.717) is 0 Å². The fourth-order valence-corrected chi connectivity index (χ4v) is 2.58. The molecule has 0 radical (unpaired) electrons. The van der Waals surface area contributed by atoms with Gasteiger partial charge in [0.15, 0.2) is 0 Å². The predicted molar refractivity (Wildman–Crippen MR) is 77.3 cm³/mol. The third kappa shape index (κ3) is 2.79. The topological polar surface area (TPSA) is 35.2 Å². The van der Waals surface area contributed by atoms with Gasteiger partial charge in [0.05, 0.1) is 6.61 Å². The first-order valence-electron chi connectivity index (χ1n) is 6.88. The van der Waals surface area contributed by atoms with Crippen molar-refractivity contribution in [3.8, 4) is 5.75 Å². The number of rotatable bonds is 4. The molecular formula is C17H19NO. The molecule has 0 aromatic heterocycles. The minimum Gasteiger partial charge on any atom is -0.493 e. The number of hydrogen-bond acceptors (Lipinski definition) is 2. The van der Waals surface area contributed by atoms with Crippen LogP contribution in [0, 0.1) is 0 Å². The van der Waals surface area contributed by atoms with Crippen molar-refractivity contribution in [3.05, 3.63) is 65.2 Å². The zero-order valence-corrected chi connectivity index (χ0v) is 11.0. The van der Waals surface area contributed by atoms with Gasteiger partial charge in [-0.1, -0.05) is 42.5 Å². The number of hydrogen-bond donors (Lipinski definition) is 1. The second-order valence-electron chi connectivity index (χ2n) is 5.10. The molecule has 1 unspecified atom stereocenters. The highest BCUT2D eigenvalue weighted by molar-refractivity contribution is 5.39. The summed E-state index contributed by atoms with van der Waals surface area (Å²) in [5.41, 5.74) is 10.1. The van der Waals surface area contributed by atoms with Gasteiger partial charge in [-0.2, -0.15) is 0 Å². The number of fused-ring (bicyclic) bond motifs is 1. The normalized spacial score (nSPS) is 14.8. The molecule has 0 saturated carbocycles. The summed E-state index contributed by atoms with van der Waals surface area (Å²) in [6, 6.07) is 16.9. The van der Waals surface area contributed by atoms with Crippen LogP contribution in [0.1, 0.15) is 29.2 Å². The molecule has 2 nitrogen and oxygen atoms in total. The molecule has 0 fully saturated rings. The summed E-state index contributed by atoms with van der Waals surface area (Å²) >= 11 is 0. The van der Waals surface area contributed by atoms with Crippen LogP contribution in [0.3, 0.4) is 0 Å². The summed E-state index contributed by atoms with van der Waals surface area (Å²) in [7, 11) is 0. The zero-order valence-electron chi connectivity index (χ0n) is 11.0. The Labute approximate surface area is 114 Å². The summed E-state index contributed by atoms with van der Waals surface area (Å²) in [4.78, 5) is 0. The van der Waals surface area contributed by atoms with E-state index >= 15 is 0 Å². The first kappa shape index (κ1) is 12.2. The maximum Gasteiger partial charge on any atom is 0.122 e. The Morgan fingerprint density at radius 1 is 1.11 bits per heavy atom. The van der Waals surface area contributed by atoms with E-state index in [2.05, 4.69) is 30.3 Å². The summed E-state index contributed by atoms with van der Waals surface area (Å²) in [6.07, 6.45) is 3.03. The smallest absolute Gasteiger partial charge is 0.122 e. The SMILES string of the molecule is NC(CCc1ccc2c(c1)CCO2)c1ccccc1. The van der Waals surface area contributed by atoms with Crippen molar-refractivity contribution in [2.75, 3.05) is 6.61 Å². The van der Waals surface area contributed by atoms with Gasteiger partial charge in [-0.3, -0.25) is 0 Å². The molecule has 0 saturated heterocycles. The van der Waals surface area contributed by atoms with Gasteiger partial charge >= 0.3 is 0 Å². The van der Waals surface area contributed by atoms with Gasteiger partial charge < -0.3 is 10.5 Å². The van der Waals surface area contributed by atoms with E-state index in [-0.39, 0.29) is 6.04 Å². The molecule has 98 valence electrons. The minimum atomic E-state index is 0.116. The van der Waals surface area contributed by atoms with Crippen LogP contribution < -0.4 is 10.5 Å². The predicted octanol–water partition coefficient (Wildman–Crippen LogP) is 3.25. The second-order valence-corrected chi connectivity index (χ2v) is 5.10. The van der Waals surface area contributed by atoms with E-state index in [1.54, 1.807) is 0 Å². The lowest BCUT2D eigenvalue weighted by atomic mass is 9.98. The van der Waals surface area contributed by atoms with Crippen molar-refractivity contribution in [1.29, 1.82) is 0 Å². The molecule has 2 aromatic carbocycles. The Hall–Kier alpha value is -1.80. The molecule has 0 spiro atoms. The number of aryl methyl sites for hydroxylation is 1. The van der Waals surface area contributed by atoms with Crippen LogP contribution in [0.15, 0.2) is 48.5 Å². The van der Waals surface area contributed by atoms with Crippen molar-refractivity contribution in [2.24, 2.45) is 5.73 Å². The molecule has 0 bridgehead atoms.